The first-order chi connectivity index (χ1) is 11.0. The van der Waals surface area contributed by atoms with E-state index in [-0.39, 0.29) is 6.04 Å². The normalized spacial score (nSPS) is 24.2. The predicted octanol–water partition coefficient (Wildman–Crippen LogP) is 4.94. The van der Waals surface area contributed by atoms with Gasteiger partial charge in [0.25, 0.3) is 0 Å². The van der Waals surface area contributed by atoms with Crippen LogP contribution in [0, 0.1) is 5.41 Å². The van der Waals surface area contributed by atoms with Crippen molar-refractivity contribution >= 4 is 0 Å². The summed E-state index contributed by atoms with van der Waals surface area (Å²) >= 11 is 0. The Labute approximate surface area is 137 Å². The summed E-state index contributed by atoms with van der Waals surface area (Å²) in [6.07, 6.45) is 10.3. The molecule has 122 valence electrons. The van der Waals surface area contributed by atoms with Crippen molar-refractivity contribution in [2.45, 2.75) is 64.1 Å². The number of nitrogens with zero attached hydrogens (tertiary/aromatic N) is 3. The number of pyridine rings is 1. The third kappa shape index (κ3) is 2.58. The fourth-order valence-electron chi connectivity index (χ4n) is 4.09. The van der Waals surface area contributed by atoms with Gasteiger partial charge >= 0.3 is 0 Å². The summed E-state index contributed by atoms with van der Waals surface area (Å²) < 4.78 is 17.4. The molecule has 2 aromatic rings. The molecule has 2 aromatic heterocycles. The summed E-state index contributed by atoms with van der Waals surface area (Å²) in [5.74, 6) is 0. The SMILES string of the molecule is CC1(C)CCC(F)(CC[C@H]2c3ncccc3-c3cncn32)CC1. The van der Waals surface area contributed by atoms with Gasteiger partial charge in [-0.05, 0) is 56.1 Å². The topological polar surface area (TPSA) is 30.7 Å². The Morgan fingerprint density at radius 1 is 1.26 bits per heavy atom. The van der Waals surface area contributed by atoms with Crippen LogP contribution in [0.4, 0.5) is 4.39 Å². The Morgan fingerprint density at radius 2 is 2.04 bits per heavy atom. The molecule has 0 aromatic carbocycles. The second-order valence-corrected chi connectivity index (χ2v) is 7.99. The molecule has 2 aliphatic rings. The Hall–Kier alpha value is -1.71. The highest BCUT2D eigenvalue weighted by Gasteiger charge is 2.40. The quantitative estimate of drug-likeness (QED) is 0.804. The van der Waals surface area contributed by atoms with Gasteiger partial charge in [0.05, 0.1) is 30.0 Å². The van der Waals surface area contributed by atoms with Crippen molar-refractivity contribution < 1.29 is 4.39 Å². The molecule has 0 amide bonds. The molecule has 0 radical (unpaired) electrons. The summed E-state index contributed by atoms with van der Waals surface area (Å²) in [7, 11) is 0. The van der Waals surface area contributed by atoms with E-state index in [0.717, 1.165) is 36.2 Å². The maximum Gasteiger partial charge on any atom is 0.111 e. The van der Waals surface area contributed by atoms with E-state index in [1.165, 1.54) is 0 Å². The van der Waals surface area contributed by atoms with Gasteiger partial charge in [0, 0.05) is 11.8 Å². The van der Waals surface area contributed by atoms with Gasteiger partial charge in [-0.15, -0.1) is 0 Å². The van der Waals surface area contributed by atoms with Crippen LogP contribution in [0.2, 0.25) is 0 Å². The molecule has 1 aliphatic carbocycles. The minimum atomic E-state index is -1.01. The molecule has 0 spiro atoms. The van der Waals surface area contributed by atoms with Gasteiger partial charge in [0.15, 0.2) is 0 Å². The molecule has 4 rings (SSSR count). The summed E-state index contributed by atoms with van der Waals surface area (Å²) in [5.41, 5.74) is 2.62. The first kappa shape index (κ1) is 14.9. The van der Waals surface area contributed by atoms with Gasteiger partial charge in [0.1, 0.15) is 5.67 Å². The first-order valence-corrected chi connectivity index (χ1v) is 8.64. The van der Waals surface area contributed by atoms with Gasteiger partial charge in [-0.2, -0.15) is 0 Å². The van der Waals surface area contributed by atoms with E-state index in [1.54, 1.807) is 0 Å². The summed E-state index contributed by atoms with van der Waals surface area (Å²) in [5, 5.41) is 0. The van der Waals surface area contributed by atoms with E-state index in [0.29, 0.717) is 24.7 Å². The molecule has 0 saturated heterocycles. The number of fused-ring (bicyclic) bond motifs is 3. The molecular weight excluding hydrogens is 289 g/mol. The van der Waals surface area contributed by atoms with Gasteiger partial charge in [-0.25, -0.2) is 9.37 Å². The van der Waals surface area contributed by atoms with Gasteiger partial charge in [-0.3, -0.25) is 4.98 Å². The number of aromatic nitrogens is 3. The van der Waals surface area contributed by atoms with Crippen LogP contribution in [0.25, 0.3) is 11.3 Å². The molecule has 23 heavy (non-hydrogen) atoms. The van der Waals surface area contributed by atoms with E-state index in [2.05, 4.69) is 34.4 Å². The lowest BCUT2D eigenvalue weighted by atomic mass is 9.70. The van der Waals surface area contributed by atoms with Crippen molar-refractivity contribution in [2.75, 3.05) is 0 Å². The van der Waals surface area contributed by atoms with Crippen LogP contribution in [0.1, 0.15) is 64.1 Å². The highest BCUT2D eigenvalue weighted by atomic mass is 19.1. The highest BCUT2D eigenvalue weighted by molar-refractivity contribution is 5.66. The van der Waals surface area contributed by atoms with Crippen LogP contribution < -0.4 is 0 Å². The number of imidazole rings is 1. The van der Waals surface area contributed by atoms with E-state index >= 15 is 4.39 Å². The molecule has 1 saturated carbocycles. The zero-order chi connectivity index (χ0) is 16.1. The lowest BCUT2D eigenvalue weighted by Crippen LogP contribution is -2.33. The van der Waals surface area contributed by atoms with Crippen LogP contribution in [-0.4, -0.2) is 20.2 Å². The highest BCUT2D eigenvalue weighted by Crippen LogP contribution is 2.47. The zero-order valence-electron chi connectivity index (χ0n) is 13.9. The number of halogens is 1. The lowest BCUT2D eigenvalue weighted by Gasteiger charge is -2.39. The molecule has 3 nitrogen and oxygen atoms in total. The zero-order valence-corrected chi connectivity index (χ0v) is 13.9. The average molecular weight is 313 g/mol. The number of hydrogen-bond acceptors (Lipinski definition) is 2. The van der Waals surface area contributed by atoms with Gasteiger partial charge in [-0.1, -0.05) is 13.8 Å². The van der Waals surface area contributed by atoms with Crippen molar-refractivity contribution in [3.05, 3.63) is 36.5 Å². The number of hydrogen-bond donors (Lipinski definition) is 0. The van der Waals surface area contributed by atoms with Crippen molar-refractivity contribution in [1.29, 1.82) is 0 Å². The van der Waals surface area contributed by atoms with Crippen molar-refractivity contribution in [1.82, 2.24) is 14.5 Å². The Kier molecular flexibility index (Phi) is 3.33. The van der Waals surface area contributed by atoms with Crippen LogP contribution in [0.5, 0.6) is 0 Å². The second-order valence-electron chi connectivity index (χ2n) is 7.99. The monoisotopic (exact) mass is 313 g/mol. The van der Waals surface area contributed by atoms with Crippen LogP contribution in [0.15, 0.2) is 30.9 Å². The van der Waals surface area contributed by atoms with Crippen LogP contribution in [-0.2, 0) is 0 Å². The maximum atomic E-state index is 15.2. The standard InChI is InChI=1S/C19H24FN3/c1-18(2)7-9-19(20,10-8-18)6-5-15-17-14(4-3-11-22-17)16-12-21-13-23(15)16/h3-4,11-13,15H,5-10H2,1-2H3/t15-/m0/s1. The van der Waals surface area contributed by atoms with E-state index in [9.17, 15) is 0 Å². The molecule has 0 N–H and O–H groups in total. The van der Waals surface area contributed by atoms with Crippen LogP contribution >= 0.6 is 0 Å². The molecule has 1 fully saturated rings. The summed E-state index contributed by atoms with van der Waals surface area (Å²) in [6.45, 7) is 4.50. The molecule has 4 heteroatoms. The third-order valence-electron chi connectivity index (χ3n) is 5.80. The van der Waals surface area contributed by atoms with Crippen molar-refractivity contribution in [3.63, 3.8) is 0 Å². The van der Waals surface area contributed by atoms with Crippen LogP contribution in [0.3, 0.4) is 0 Å². The van der Waals surface area contributed by atoms with Gasteiger partial charge < -0.3 is 4.57 Å². The molecule has 0 unspecified atom stereocenters. The van der Waals surface area contributed by atoms with Crippen molar-refractivity contribution in [2.24, 2.45) is 5.41 Å². The number of alkyl halides is 1. The largest absolute Gasteiger partial charge is 0.321 e. The first-order valence-electron chi connectivity index (χ1n) is 8.64. The Bertz CT molecular complexity index is 709. The fourth-order valence-corrected chi connectivity index (χ4v) is 4.09. The van der Waals surface area contributed by atoms with E-state index < -0.39 is 5.67 Å². The molecular formula is C19H24FN3. The smallest absolute Gasteiger partial charge is 0.111 e. The Balaban J connectivity index is 1.52. The third-order valence-corrected chi connectivity index (χ3v) is 5.80. The minimum absolute atomic E-state index is 0.131. The number of rotatable bonds is 3. The molecule has 3 heterocycles. The predicted molar refractivity (Wildman–Crippen MR) is 88.9 cm³/mol. The fraction of sp³-hybridized carbons (Fsp3) is 0.579. The van der Waals surface area contributed by atoms with E-state index in [1.807, 2.05) is 24.8 Å². The van der Waals surface area contributed by atoms with Crippen molar-refractivity contribution in [3.8, 4) is 11.3 Å². The Morgan fingerprint density at radius 3 is 2.83 bits per heavy atom. The molecule has 1 aliphatic heterocycles. The summed E-state index contributed by atoms with van der Waals surface area (Å²) in [6, 6.07) is 4.18. The second kappa shape index (κ2) is 5.15. The van der Waals surface area contributed by atoms with E-state index in [4.69, 9.17) is 0 Å². The minimum Gasteiger partial charge on any atom is -0.321 e. The molecule has 1 atom stereocenters. The lowest BCUT2D eigenvalue weighted by molar-refractivity contribution is 0.0429. The van der Waals surface area contributed by atoms with Gasteiger partial charge in [0.2, 0.25) is 0 Å². The summed E-state index contributed by atoms with van der Waals surface area (Å²) in [4.78, 5) is 8.83. The maximum absolute atomic E-state index is 15.2. The molecule has 0 bridgehead atoms. The average Bonchev–Trinajstić information content (AvgIpc) is 3.10.